The van der Waals surface area contributed by atoms with Crippen LogP contribution in [0.4, 0.5) is 0 Å². The summed E-state index contributed by atoms with van der Waals surface area (Å²) >= 11 is 0. The van der Waals surface area contributed by atoms with E-state index in [1.807, 2.05) is 60.7 Å². The molecule has 4 unspecified atom stereocenters. The molecule has 4 aliphatic carbocycles. The fraction of sp³-hybridized carbons (Fsp3) is 0.571. The highest BCUT2D eigenvalue weighted by Gasteiger charge is 2.55. The predicted octanol–water partition coefficient (Wildman–Crippen LogP) is 5.27. The first kappa shape index (κ1) is 30.6. The molecule has 0 aromatic heterocycles. The number of esters is 1. The van der Waals surface area contributed by atoms with Crippen molar-refractivity contribution in [3.05, 3.63) is 71.8 Å². The number of rotatable bonds is 10. The molecule has 4 aliphatic rings. The number of carbonyl (C=O) groups excluding carboxylic acids is 3. The van der Waals surface area contributed by atoms with E-state index in [2.05, 4.69) is 10.6 Å². The molecule has 0 radical (unpaired) electrons. The maximum Gasteiger partial charge on any atom is 0.311 e. The number of fused-ring (bicyclic) bond motifs is 4. The van der Waals surface area contributed by atoms with E-state index in [0.29, 0.717) is 19.7 Å². The van der Waals surface area contributed by atoms with Gasteiger partial charge in [-0.15, -0.1) is 0 Å². The molecule has 7 nitrogen and oxygen atoms in total. The first-order valence-electron chi connectivity index (χ1n) is 15.6. The number of aliphatic hydroxyl groups excluding tert-OH is 1. The molecule has 2 aromatic rings. The topological polar surface area (TPSA) is 105 Å². The van der Waals surface area contributed by atoms with Crippen molar-refractivity contribution in [3.63, 3.8) is 0 Å². The first-order valence-corrected chi connectivity index (χ1v) is 15.6. The van der Waals surface area contributed by atoms with E-state index >= 15 is 0 Å². The summed E-state index contributed by atoms with van der Waals surface area (Å²) in [5, 5.41) is 16.6. The number of hydrogen-bond acceptors (Lipinski definition) is 7. The quantitative estimate of drug-likeness (QED) is 0.262. The lowest BCUT2D eigenvalue weighted by Crippen LogP contribution is -2.49. The van der Waals surface area contributed by atoms with Gasteiger partial charge in [-0.3, -0.25) is 14.4 Å². The zero-order valence-corrected chi connectivity index (χ0v) is 25.0. The van der Waals surface area contributed by atoms with Crippen LogP contribution in [0.2, 0.25) is 0 Å². The van der Waals surface area contributed by atoms with Crippen LogP contribution in [0.1, 0.15) is 97.8 Å². The number of carbonyl (C=O) groups is 3. The molecule has 0 heterocycles. The number of benzene rings is 2. The van der Waals surface area contributed by atoms with Gasteiger partial charge in [-0.1, -0.05) is 73.5 Å². The van der Waals surface area contributed by atoms with E-state index in [0.717, 1.165) is 88.2 Å². The summed E-state index contributed by atoms with van der Waals surface area (Å²) in [5.74, 6) is 0.188. The number of methoxy groups -OCH3 is 1. The maximum absolute atomic E-state index is 12.3. The Morgan fingerprint density at radius 3 is 1.76 bits per heavy atom. The van der Waals surface area contributed by atoms with Crippen LogP contribution in [0, 0.1) is 10.8 Å². The predicted molar refractivity (Wildman–Crippen MR) is 162 cm³/mol. The van der Waals surface area contributed by atoms with Crippen LogP contribution in [0.25, 0.3) is 0 Å². The summed E-state index contributed by atoms with van der Waals surface area (Å²) in [6, 6.07) is 18.8. The van der Waals surface area contributed by atoms with E-state index in [9.17, 15) is 19.5 Å². The normalized spacial score (nSPS) is 31.1. The molecule has 226 valence electrons. The zero-order chi connectivity index (χ0) is 29.7. The number of aliphatic hydroxyl groups is 1. The van der Waals surface area contributed by atoms with Gasteiger partial charge < -0.3 is 20.5 Å². The van der Waals surface area contributed by atoms with Gasteiger partial charge in [0.1, 0.15) is 0 Å². The molecule has 3 N–H and O–H groups in total. The van der Waals surface area contributed by atoms with Crippen molar-refractivity contribution in [2.24, 2.45) is 10.8 Å². The lowest BCUT2D eigenvalue weighted by molar-refractivity contribution is -0.154. The molecule has 0 spiro atoms. The van der Waals surface area contributed by atoms with Crippen LogP contribution >= 0.6 is 0 Å². The third kappa shape index (κ3) is 6.53. The third-order valence-electron chi connectivity index (χ3n) is 10.7. The van der Waals surface area contributed by atoms with Crippen LogP contribution in [-0.2, 0) is 9.53 Å². The second kappa shape index (κ2) is 12.8. The average Bonchev–Trinajstić information content (AvgIpc) is 3.48. The van der Waals surface area contributed by atoms with Crippen LogP contribution in [0.5, 0.6) is 0 Å². The highest BCUT2D eigenvalue weighted by molar-refractivity contribution is 5.98. The highest BCUT2D eigenvalue weighted by atomic mass is 16.5. The molecular formula is C35H46N2O5. The Morgan fingerprint density at radius 2 is 1.21 bits per heavy atom. The molecule has 2 aromatic carbocycles. The Bertz CT molecular complexity index is 1250. The summed E-state index contributed by atoms with van der Waals surface area (Å²) in [4.78, 5) is 36.6. The van der Waals surface area contributed by atoms with Crippen molar-refractivity contribution in [2.75, 3.05) is 26.8 Å². The van der Waals surface area contributed by atoms with Gasteiger partial charge in [0.15, 0.2) is 11.6 Å². The maximum atomic E-state index is 12.3. The van der Waals surface area contributed by atoms with Gasteiger partial charge in [0.25, 0.3) is 0 Å². The highest BCUT2D eigenvalue weighted by Crippen LogP contribution is 2.54. The van der Waals surface area contributed by atoms with E-state index in [4.69, 9.17) is 4.74 Å². The van der Waals surface area contributed by atoms with Gasteiger partial charge in [0.2, 0.25) is 0 Å². The van der Waals surface area contributed by atoms with Gasteiger partial charge in [-0.25, -0.2) is 0 Å². The lowest BCUT2D eigenvalue weighted by Gasteiger charge is -2.39. The minimum atomic E-state index is -0.324. The third-order valence-corrected chi connectivity index (χ3v) is 10.7. The number of nitrogens with one attached hydrogen (secondary N) is 2. The van der Waals surface area contributed by atoms with E-state index in [-0.39, 0.29) is 39.4 Å². The fourth-order valence-corrected chi connectivity index (χ4v) is 8.30. The van der Waals surface area contributed by atoms with Crippen molar-refractivity contribution in [1.82, 2.24) is 10.6 Å². The SMILES string of the molecule is COC(=O)C12CCCC(NCC(=O)c3ccccc3)(CC1)C2.O=C(CNC12CCCC(CO)(CC1)C2)c1ccccc1. The van der Waals surface area contributed by atoms with Crippen LogP contribution in [-0.4, -0.2) is 60.5 Å². The monoisotopic (exact) mass is 574 g/mol. The molecule has 6 rings (SSSR count). The smallest absolute Gasteiger partial charge is 0.311 e. The Morgan fingerprint density at radius 1 is 0.690 bits per heavy atom. The Hall–Kier alpha value is -2.87. The average molecular weight is 575 g/mol. The number of ketones is 2. The second-order valence-corrected chi connectivity index (χ2v) is 13.3. The molecule has 0 amide bonds. The van der Waals surface area contributed by atoms with Crippen LogP contribution < -0.4 is 10.6 Å². The van der Waals surface area contributed by atoms with E-state index in [1.165, 1.54) is 7.11 Å². The minimum Gasteiger partial charge on any atom is -0.469 e. The van der Waals surface area contributed by atoms with E-state index in [1.54, 1.807) is 0 Å². The van der Waals surface area contributed by atoms with Crippen LogP contribution in [0.3, 0.4) is 0 Å². The van der Waals surface area contributed by atoms with Gasteiger partial charge in [0.05, 0.1) is 25.6 Å². The largest absolute Gasteiger partial charge is 0.469 e. The molecule has 0 aliphatic heterocycles. The molecule has 4 saturated carbocycles. The van der Waals surface area contributed by atoms with Crippen molar-refractivity contribution >= 4 is 17.5 Å². The molecule has 42 heavy (non-hydrogen) atoms. The molecule has 4 bridgehead atoms. The number of Topliss-reactive ketones (excluding diaryl/α,β-unsaturated/α-hetero) is 2. The van der Waals surface area contributed by atoms with E-state index < -0.39 is 0 Å². The Kier molecular flexibility index (Phi) is 9.31. The van der Waals surface area contributed by atoms with Gasteiger partial charge in [-0.2, -0.15) is 0 Å². The standard InChI is InChI=1S/C18H23NO3.C17H23NO2/c1-22-16(21)17-8-5-9-18(13-17,11-10-17)19-12-15(20)14-6-3-2-4-7-14;19-13-16-7-4-8-17(12-16,10-9-16)18-11-15(20)14-5-2-1-3-6-14/h2-4,6-7,19H,5,8-13H2,1H3;1-3,5-6,18-19H,4,7-13H2. The summed E-state index contributed by atoms with van der Waals surface area (Å²) in [7, 11) is 1.47. The minimum absolute atomic E-state index is 0.0725. The second-order valence-electron chi connectivity index (χ2n) is 13.3. The molecule has 4 atom stereocenters. The van der Waals surface area contributed by atoms with Crippen molar-refractivity contribution < 1.29 is 24.2 Å². The lowest BCUT2D eigenvalue weighted by atomic mass is 9.73. The Balaban J connectivity index is 0.000000169. The first-order chi connectivity index (χ1) is 20.3. The molecule has 0 saturated heterocycles. The zero-order valence-electron chi connectivity index (χ0n) is 25.0. The number of ether oxygens (including phenoxy) is 1. The summed E-state index contributed by atoms with van der Waals surface area (Å²) in [6.45, 7) is 1.04. The summed E-state index contributed by atoms with van der Waals surface area (Å²) < 4.78 is 5.02. The van der Waals surface area contributed by atoms with Crippen molar-refractivity contribution in [3.8, 4) is 0 Å². The summed E-state index contributed by atoms with van der Waals surface area (Å²) in [5.41, 5.74) is 1.33. The molecule has 7 heteroatoms. The van der Waals surface area contributed by atoms with Gasteiger partial charge >= 0.3 is 5.97 Å². The Labute approximate surface area is 249 Å². The molecular weight excluding hydrogens is 528 g/mol. The molecule has 4 fully saturated rings. The van der Waals surface area contributed by atoms with Crippen molar-refractivity contribution in [2.45, 2.75) is 88.1 Å². The van der Waals surface area contributed by atoms with Gasteiger partial charge in [0, 0.05) is 28.8 Å². The summed E-state index contributed by atoms with van der Waals surface area (Å²) in [6.07, 6.45) is 12.2. The fourth-order valence-electron chi connectivity index (χ4n) is 8.30. The van der Waals surface area contributed by atoms with Crippen LogP contribution in [0.15, 0.2) is 60.7 Å². The number of hydrogen-bond donors (Lipinski definition) is 3. The van der Waals surface area contributed by atoms with Crippen molar-refractivity contribution in [1.29, 1.82) is 0 Å². The van der Waals surface area contributed by atoms with Gasteiger partial charge in [-0.05, 0) is 69.6 Å².